The molecule has 142 valence electrons. The molecule has 0 N–H and O–H groups in total. The van der Waals surface area contributed by atoms with E-state index in [2.05, 4.69) is 28.9 Å². The average Bonchev–Trinajstić information content (AvgIpc) is 2.61. The van der Waals surface area contributed by atoms with Gasteiger partial charge in [0, 0.05) is 43.4 Å². The predicted octanol–water partition coefficient (Wildman–Crippen LogP) is 2.42. The second-order valence-corrected chi connectivity index (χ2v) is 9.01. The smallest absolute Gasteiger partial charge is 0.216 e. The Morgan fingerprint density at radius 1 is 1.15 bits per heavy atom. The van der Waals surface area contributed by atoms with Crippen molar-refractivity contribution in [1.82, 2.24) is 9.29 Å². The van der Waals surface area contributed by atoms with E-state index in [1.54, 1.807) is 4.31 Å². The highest BCUT2D eigenvalue weighted by molar-refractivity contribution is 7.89. The lowest BCUT2D eigenvalue weighted by molar-refractivity contribution is 0.0906. The molecule has 6 nitrogen and oxygen atoms in total. The highest BCUT2D eigenvalue weighted by atomic mass is 32.2. The zero-order valence-corrected chi connectivity index (χ0v) is 16.5. The number of anilines is 1. The van der Waals surface area contributed by atoms with E-state index in [0.29, 0.717) is 26.2 Å². The molecule has 0 unspecified atom stereocenters. The molecule has 2 aromatic rings. The van der Waals surface area contributed by atoms with Gasteiger partial charge in [-0.3, -0.25) is 4.98 Å². The van der Waals surface area contributed by atoms with Crippen molar-refractivity contribution in [2.75, 3.05) is 43.4 Å². The van der Waals surface area contributed by atoms with Crippen LogP contribution in [0.15, 0.2) is 30.5 Å². The van der Waals surface area contributed by atoms with Crippen molar-refractivity contribution < 1.29 is 13.2 Å². The summed E-state index contributed by atoms with van der Waals surface area (Å²) in [4.78, 5) is 6.74. The second-order valence-electron chi connectivity index (χ2n) is 6.92. The zero-order valence-electron chi connectivity index (χ0n) is 15.7. The third kappa shape index (κ3) is 4.16. The quantitative estimate of drug-likeness (QED) is 0.774. The van der Waals surface area contributed by atoms with Gasteiger partial charge in [0.25, 0.3) is 0 Å². The first kappa shape index (κ1) is 19.1. The van der Waals surface area contributed by atoms with E-state index in [9.17, 15) is 8.42 Å². The highest BCUT2D eigenvalue weighted by Crippen LogP contribution is 2.28. The Kier molecular flexibility index (Phi) is 5.79. The van der Waals surface area contributed by atoms with Gasteiger partial charge in [-0.05, 0) is 32.4 Å². The largest absolute Gasteiger partial charge is 0.378 e. The summed E-state index contributed by atoms with van der Waals surface area (Å²) in [5.74, 6) is 0.0442. The van der Waals surface area contributed by atoms with Crippen LogP contribution < -0.4 is 4.90 Å². The van der Waals surface area contributed by atoms with Crippen LogP contribution in [-0.4, -0.2) is 62.3 Å². The monoisotopic (exact) mass is 377 g/mol. The normalized spacial score (nSPS) is 16.5. The molecule has 26 heavy (non-hydrogen) atoms. The van der Waals surface area contributed by atoms with Crippen molar-refractivity contribution in [3.8, 4) is 0 Å². The lowest BCUT2D eigenvalue weighted by Gasteiger charge is -2.36. The van der Waals surface area contributed by atoms with E-state index >= 15 is 0 Å². The average molecular weight is 378 g/mol. The molecule has 1 aliphatic heterocycles. The first-order chi connectivity index (χ1) is 12.4. The van der Waals surface area contributed by atoms with Gasteiger partial charge in [-0.2, -0.15) is 4.31 Å². The summed E-state index contributed by atoms with van der Waals surface area (Å²) in [6.45, 7) is 8.48. The van der Waals surface area contributed by atoms with Gasteiger partial charge >= 0.3 is 0 Å². The van der Waals surface area contributed by atoms with Gasteiger partial charge in [0.2, 0.25) is 10.0 Å². The molecule has 0 amide bonds. The molecule has 0 saturated carbocycles. The molecule has 0 spiro atoms. The minimum absolute atomic E-state index is 0.0442. The third-order valence-electron chi connectivity index (χ3n) is 4.71. The van der Waals surface area contributed by atoms with Crippen molar-refractivity contribution in [1.29, 1.82) is 0 Å². The molecular weight excluding hydrogens is 350 g/mol. The molecule has 0 radical (unpaired) electrons. The lowest BCUT2D eigenvalue weighted by atomic mass is 10.1. The second kappa shape index (κ2) is 7.90. The number of nitrogens with zero attached hydrogens (tertiary/aromatic N) is 3. The number of fused-ring (bicyclic) bond motifs is 1. The summed E-state index contributed by atoms with van der Waals surface area (Å²) < 4.78 is 31.9. The van der Waals surface area contributed by atoms with Crippen LogP contribution in [0.1, 0.15) is 19.4 Å². The number of hydrogen-bond acceptors (Lipinski definition) is 5. The zero-order chi connectivity index (χ0) is 18.7. The number of aryl methyl sites for hydroxylation is 1. The number of rotatable bonds is 6. The van der Waals surface area contributed by atoms with E-state index in [1.807, 2.05) is 32.2 Å². The molecule has 0 atom stereocenters. The maximum atomic E-state index is 12.5. The van der Waals surface area contributed by atoms with Crippen molar-refractivity contribution >= 4 is 26.6 Å². The summed E-state index contributed by atoms with van der Waals surface area (Å²) in [6.07, 6.45) is 1.88. The topological polar surface area (TPSA) is 62.7 Å². The third-order valence-corrected chi connectivity index (χ3v) is 6.55. The fourth-order valence-corrected chi connectivity index (χ4v) is 4.60. The minimum Gasteiger partial charge on any atom is -0.378 e. The van der Waals surface area contributed by atoms with Crippen LogP contribution in [0.25, 0.3) is 10.9 Å². The number of benzene rings is 1. The number of pyridine rings is 1. The summed E-state index contributed by atoms with van der Waals surface area (Å²) >= 11 is 0. The van der Waals surface area contributed by atoms with Gasteiger partial charge in [-0.15, -0.1) is 0 Å². The summed E-state index contributed by atoms with van der Waals surface area (Å²) in [6, 6.07) is 8.20. The fraction of sp³-hybridized carbons (Fsp3) is 0.526. The van der Waals surface area contributed by atoms with Crippen molar-refractivity contribution in [3.05, 3.63) is 36.0 Å². The maximum Gasteiger partial charge on any atom is 0.216 e. The van der Waals surface area contributed by atoms with Crippen LogP contribution in [-0.2, 0) is 14.8 Å². The van der Waals surface area contributed by atoms with Gasteiger partial charge in [0.05, 0.1) is 24.0 Å². The predicted molar refractivity (Wildman–Crippen MR) is 105 cm³/mol. The Bertz CT molecular complexity index is 859. The SMILES string of the molecule is Cc1cccc2c(N3CCN(S(=O)(=O)CCOC(C)C)CC3)ccnc12. The van der Waals surface area contributed by atoms with Crippen LogP contribution in [0.5, 0.6) is 0 Å². The van der Waals surface area contributed by atoms with E-state index in [0.717, 1.165) is 22.2 Å². The Morgan fingerprint density at radius 2 is 1.88 bits per heavy atom. The molecule has 1 saturated heterocycles. The molecular formula is C19H27N3O3S. The molecule has 1 fully saturated rings. The van der Waals surface area contributed by atoms with Crippen LogP contribution in [0.2, 0.25) is 0 Å². The first-order valence-electron chi connectivity index (χ1n) is 9.07. The van der Waals surface area contributed by atoms with Crippen LogP contribution in [0, 0.1) is 6.92 Å². The van der Waals surface area contributed by atoms with Gasteiger partial charge in [-0.25, -0.2) is 8.42 Å². The van der Waals surface area contributed by atoms with Gasteiger partial charge in [0.15, 0.2) is 0 Å². The molecule has 3 rings (SSSR count). The number of sulfonamides is 1. The molecule has 0 aliphatic carbocycles. The molecule has 1 aromatic carbocycles. The number of ether oxygens (including phenoxy) is 1. The number of hydrogen-bond donors (Lipinski definition) is 0. The van der Waals surface area contributed by atoms with E-state index < -0.39 is 10.0 Å². The Balaban J connectivity index is 1.68. The Labute approximate surface area is 155 Å². The Morgan fingerprint density at radius 3 is 2.58 bits per heavy atom. The van der Waals surface area contributed by atoms with Crippen LogP contribution in [0.4, 0.5) is 5.69 Å². The molecule has 2 heterocycles. The van der Waals surface area contributed by atoms with E-state index in [1.165, 1.54) is 0 Å². The van der Waals surface area contributed by atoms with E-state index in [-0.39, 0.29) is 18.5 Å². The number of aromatic nitrogens is 1. The fourth-order valence-electron chi connectivity index (χ4n) is 3.31. The van der Waals surface area contributed by atoms with Crippen LogP contribution in [0.3, 0.4) is 0 Å². The molecule has 1 aromatic heterocycles. The van der Waals surface area contributed by atoms with Crippen molar-refractivity contribution in [3.63, 3.8) is 0 Å². The van der Waals surface area contributed by atoms with E-state index in [4.69, 9.17) is 4.74 Å². The molecule has 7 heteroatoms. The molecule has 0 bridgehead atoms. The standard InChI is InChI=1S/C19H27N3O3S/c1-15(2)25-13-14-26(23,24)22-11-9-21(10-12-22)18-7-8-20-19-16(3)5-4-6-17(18)19/h4-8,15H,9-14H2,1-3H3. The molecule has 1 aliphatic rings. The van der Waals surface area contributed by atoms with Gasteiger partial charge in [0.1, 0.15) is 0 Å². The lowest BCUT2D eigenvalue weighted by Crippen LogP contribution is -2.49. The maximum absolute atomic E-state index is 12.5. The van der Waals surface area contributed by atoms with Gasteiger partial charge in [-0.1, -0.05) is 18.2 Å². The number of para-hydroxylation sites is 1. The van der Waals surface area contributed by atoms with Crippen molar-refractivity contribution in [2.24, 2.45) is 0 Å². The Hall–Kier alpha value is -1.70. The van der Waals surface area contributed by atoms with Crippen molar-refractivity contribution in [2.45, 2.75) is 26.9 Å². The first-order valence-corrected chi connectivity index (χ1v) is 10.7. The summed E-state index contributed by atoms with van der Waals surface area (Å²) in [7, 11) is -3.26. The minimum atomic E-state index is -3.26. The summed E-state index contributed by atoms with van der Waals surface area (Å²) in [5, 5.41) is 1.12. The van der Waals surface area contributed by atoms with Crippen LogP contribution >= 0.6 is 0 Å². The number of piperazine rings is 1. The summed E-state index contributed by atoms with van der Waals surface area (Å²) in [5.41, 5.74) is 3.28. The highest BCUT2D eigenvalue weighted by Gasteiger charge is 2.27. The van der Waals surface area contributed by atoms with Gasteiger partial charge < -0.3 is 9.64 Å².